The van der Waals surface area contributed by atoms with E-state index in [0.717, 1.165) is 44.9 Å². The summed E-state index contributed by atoms with van der Waals surface area (Å²) in [6.45, 7) is 4.20. The topological polar surface area (TPSA) is 43.4 Å². The van der Waals surface area contributed by atoms with Crippen LogP contribution in [0.3, 0.4) is 0 Å². The van der Waals surface area contributed by atoms with Crippen molar-refractivity contribution in [3.05, 3.63) is 29.3 Å². The average molecular weight is 340 g/mol. The standard InChI is InChI=1S/C22H28O3/c1-3-4-21(24)25-15-6-8-16-14(13-15)5-7-18-17(16)11-12-22(2)19(18)9-10-20(22)23/h6,8,13,17-19H,3-5,7,9-12H2,1-2H3. The van der Waals surface area contributed by atoms with Crippen LogP contribution >= 0.6 is 0 Å². The summed E-state index contributed by atoms with van der Waals surface area (Å²) in [5.74, 6) is 2.83. The smallest absolute Gasteiger partial charge is 0.311 e. The van der Waals surface area contributed by atoms with E-state index in [1.165, 1.54) is 11.1 Å². The van der Waals surface area contributed by atoms with Gasteiger partial charge in [0.25, 0.3) is 0 Å². The van der Waals surface area contributed by atoms with Gasteiger partial charge in [0, 0.05) is 18.3 Å². The number of benzene rings is 1. The van der Waals surface area contributed by atoms with Gasteiger partial charge in [0.05, 0.1) is 0 Å². The molecule has 1 aromatic carbocycles. The van der Waals surface area contributed by atoms with Gasteiger partial charge in [-0.25, -0.2) is 0 Å². The van der Waals surface area contributed by atoms with E-state index >= 15 is 0 Å². The molecule has 4 atom stereocenters. The Morgan fingerprint density at radius 1 is 1.24 bits per heavy atom. The van der Waals surface area contributed by atoms with Crippen LogP contribution in [0, 0.1) is 17.3 Å². The molecule has 2 saturated carbocycles. The van der Waals surface area contributed by atoms with E-state index in [4.69, 9.17) is 4.74 Å². The molecule has 0 radical (unpaired) electrons. The van der Waals surface area contributed by atoms with Crippen LogP contribution in [0.4, 0.5) is 0 Å². The fourth-order valence-electron chi connectivity index (χ4n) is 5.78. The number of Topliss-reactive ketones (excluding diaryl/α,β-unsaturated/α-hetero) is 1. The second kappa shape index (κ2) is 6.26. The summed E-state index contributed by atoms with van der Waals surface area (Å²) >= 11 is 0. The molecule has 0 aliphatic heterocycles. The Hall–Kier alpha value is -1.64. The van der Waals surface area contributed by atoms with Crippen molar-refractivity contribution in [1.29, 1.82) is 0 Å². The highest BCUT2D eigenvalue weighted by atomic mass is 16.5. The minimum absolute atomic E-state index is 0.0612. The third-order valence-electron chi connectivity index (χ3n) is 7.09. The van der Waals surface area contributed by atoms with Crippen LogP contribution < -0.4 is 4.74 Å². The van der Waals surface area contributed by atoms with Gasteiger partial charge in [-0.3, -0.25) is 9.59 Å². The van der Waals surface area contributed by atoms with Gasteiger partial charge in [-0.15, -0.1) is 0 Å². The van der Waals surface area contributed by atoms with Crippen LogP contribution in [0.2, 0.25) is 0 Å². The summed E-state index contributed by atoms with van der Waals surface area (Å²) in [5.41, 5.74) is 2.72. The molecule has 4 rings (SSSR count). The summed E-state index contributed by atoms with van der Waals surface area (Å²) < 4.78 is 5.47. The second-order valence-electron chi connectivity index (χ2n) is 8.42. The first-order chi connectivity index (χ1) is 12.0. The number of ketones is 1. The highest BCUT2D eigenvalue weighted by Gasteiger charge is 2.54. The molecule has 2 fully saturated rings. The lowest BCUT2D eigenvalue weighted by atomic mass is 9.55. The number of hydrogen-bond donors (Lipinski definition) is 0. The van der Waals surface area contributed by atoms with Gasteiger partial charge < -0.3 is 4.74 Å². The van der Waals surface area contributed by atoms with Crippen molar-refractivity contribution in [1.82, 2.24) is 0 Å². The molecule has 0 heterocycles. The zero-order chi connectivity index (χ0) is 17.6. The maximum absolute atomic E-state index is 12.4. The molecule has 0 N–H and O–H groups in total. The van der Waals surface area contributed by atoms with Crippen molar-refractivity contribution < 1.29 is 14.3 Å². The number of hydrogen-bond acceptors (Lipinski definition) is 3. The Bertz CT molecular complexity index is 707. The normalized spacial score (nSPS) is 33.4. The third kappa shape index (κ3) is 2.72. The van der Waals surface area contributed by atoms with Crippen molar-refractivity contribution in [2.24, 2.45) is 17.3 Å². The lowest BCUT2D eigenvalue weighted by molar-refractivity contribution is -0.134. The molecule has 25 heavy (non-hydrogen) atoms. The first-order valence-electron chi connectivity index (χ1n) is 9.89. The predicted molar refractivity (Wildman–Crippen MR) is 96.6 cm³/mol. The van der Waals surface area contributed by atoms with E-state index in [9.17, 15) is 9.59 Å². The van der Waals surface area contributed by atoms with Crippen molar-refractivity contribution >= 4 is 11.8 Å². The number of rotatable bonds is 3. The van der Waals surface area contributed by atoms with Crippen molar-refractivity contribution in [2.45, 2.75) is 71.1 Å². The largest absolute Gasteiger partial charge is 0.427 e. The molecule has 0 spiro atoms. The highest BCUT2D eigenvalue weighted by Crippen LogP contribution is 2.59. The quantitative estimate of drug-likeness (QED) is 0.585. The molecular weight excluding hydrogens is 312 g/mol. The zero-order valence-corrected chi connectivity index (χ0v) is 15.3. The molecule has 1 aromatic rings. The molecule has 4 unspecified atom stereocenters. The van der Waals surface area contributed by atoms with Crippen LogP contribution in [0.1, 0.15) is 75.8 Å². The Kier molecular flexibility index (Phi) is 4.21. The van der Waals surface area contributed by atoms with E-state index in [-0.39, 0.29) is 11.4 Å². The number of aryl methyl sites for hydroxylation is 1. The molecular formula is C22H28O3. The van der Waals surface area contributed by atoms with Gasteiger partial charge in [0.15, 0.2) is 0 Å². The monoisotopic (exact) mass is 340 g/mol. The molecule has 3 aliphatic rings. The molecule has 0 aromatic heterocycles. The summed E-state index contributed by atoms with van der Waals surface area (Å²) in [6.07, 6.45) is 7.49. The van der Waals surface area contributed by atoms with E-state index in [2.05, 4.69) is 19.1 Å². The molecule has 0 saturated heterocycles. The minimum atomic E-state index is -0.144. The maximum atomic E-state index is 12.4. The Morgan fingerprint density at radius 2 is 2.08 bits per heavy atom. The van der Waals surface area contributed by atoms with Crippen LogP contribution in [-0.4, -0.2) is 11.8 Å². The van der Waals surface area contributed by atoms with Crippen molar-refractivity contribution in [3.63, 3.8) is 0 Å². The zero-order valence-electron chi connectivity index (χ0n) is 15.3. The molecule has 3 nitrogen and oxygen atoms in total. The van der Waals surface area contributed by atoms with Gasteiger partial charge in [-0.2, -0.15) is 0 Å². The summed E-state index contributed by atoms with van der Waals surface area (Å²) in [6, 6.07) is 6.22. The van der Waals surface area contributed by atoms with E-state index in [1.807, 2.05) is 13.0 Å². The fraction of sp³-hybridized carbons (Fsp3) is 0.636. The van der Waals surface area contributed by atoms with E-state index in [1.54, 1.807) is 0 Å². The first kappa shape index (κ1) is 16.8. The Morgan fingerprint density at radius 3 is 2.88 bits per heavy atom. The van der Waals surface area contributed by atoms with Gasteiger partial charge in [0.2, 0.25) is 0 Å². The third-order valence-corrected chi connectivity index (χ3v) is 7.09. The number of carbonyl (C=O) groups is 2. The van der Waals surface area contributed by atoms with Gasteiger partial charge >= 0.3 is 5.97 Å². The van der Waals surface area contributed by atoms with Crippen LogP contribution in [-0.2, 0) is 16.0 Å². The number of fused-ring (bicyclic) bond motifs is 5. The number of ether oxygens (including phenoxy) is 1. The van der Waals surface area contributed by atoms with E-state index in [0.29, 0.717) is 35.7 Å². The number of esters is 1. The van der Waals surface area contributed by atoms with Crippen LogP contribution in [0.5, 0.6) is 5.75 Å². The fourth-order valence-corrected chi connectivity index (χ4v) is 5.78. The van der Waals surface area contributed by atoms with E-state index < -0.39 is 0 Å². The Labute approximate surface area is 150 Å². The van der Waals surface area contributed by atoms with Crippen LogP contribution in [0.15, 0.2) is 18.2 Å². The molecule has 0 amide bonds. The molecule has 3 aliphatic carbocycles. The van der Waals surface area contributed by atoms with Gasteiger partial charge in [0.1, 0.15) is 11.5 Å². The van der Waals surface area contributed by atoms with Crippen molar-refractivity contribution in [3.8, 4) is 5.75 Å². The molecule has 134 valence electrons. The van der Waals surface area contributed by atoms with Gasteiger partial charge in [-0.05, 0) is 79.5 Å². The Balaban J connectivity index is 1.57. The first-order valence-corrected chi connectivity index (χ1v) is 9.89. The summed E-state index contributed by atoms with van der Waals surface area (Å²) in [4.78, 5) is 24.1. The SMILES string of the molecule is CCCC(=O)Oc1ccc2c(c1)CCC1C2CCC2(C)C(=O)CCC12. The van der Waals surface area contributed by atoms with Gasteiger partial charge in [-0.1, -0.05) is 19.9 Å². The average Bonchev–Trinajstić information content (AvgIpc) is 2.90. The lowest BCUT2D eigenvalue weighted by Crippen LogP contribution is -2.42. The number of carbonyl (C=O) groups excluding carboxylic acids is 2. The minimum Gasteiger partial charge on any atom is -0.427 e. The predicted octanol–water partition coefficient (Wildman–Crippen LogP) is 4.82. The van der Waals surface area contributed by atoms with Crippen molar-refractivity contribution in [2.75, 3.05) is 0 Å². The maximum Gasteiger partial charge on any atom is 0.311 e. The summed E-state index contributed by atoms with van der Waals surface area (Å²) in [5, 5.41) is 0. The summed E-state index contributed by atoms with van der Waals surface area (Å²) in [7, 11) is 0. The lowest BCUT2D eigenvalue weighted by Gasteiger charge is -2.48. The van der Waals surface area contributed by atoms with Crippen LogP contribution in [0.25, 0.3) is 0 Å². The highest BCUT2D eigenvalue weighted by molar-refractivity contribution is 5.87. The molecule has 3 heteroatoms. The molecule has 0 bridgehead atoms. The second-order valence-corrected chi connectivity index (χ2v) is 8.42.